The van der Waals surface area contributed by atoms with E-state index >= 15 is 0 Å². The number of carbonyl (C=O) groups is 1. The van der Waals surface area contributed by atoms with Crippen LogP contribution in [0.25, 0.3) is 0 Å². The number of carbonyl (C=O) groups excluding carboxylic acids is 1. The number of hydrogen-bond donors (Lipinski definition) is 0. The minimum atomic E-state index is -3.55. The highest BCUT2D eigenvalue weighted by atomic mass is 32.2. The zero-order valence-electron chi connectivity index (χ0n) is 12.8. The maximum atomic E-state index is 13.0. The predicted octanol–water partition coefficient (Wildman–Crippen LogP) is 2.76. The van der Waals surface area contributed by atoms with Gasteiger partial charge in [-0.05, 0) is 37.8 Å². The Morgan fingerprint density at radius 2 is 1.86 bits per heavy atom. The Labute approximate surface area is 127 Å². The molecular weight excluding hydrogens is 286 g/mol. The molecule has 2 rings (SSSR count). The van der Waals surface area contributed by atoms with Gasteiger partial charge in [-0.25, -0.2) is 8.42 Å². The molecule has 1 aliphatic rings. The monoisotopic (exact) mass is 309 g/mol. The average molecular weight is 309 g/mol. The summed E-state index contributed by atoms with van der Waals surface area (Å²) < 4.78 is 27.5. The molecule has 1 aromatic rings. The maximum absolute atomic E-state index is 13.0. The number of aldehydes is 1. The first kappa shape index (κ1) is 16.2. The van der Waals surface area contributed by atoms with Gasteiger partial charge in [0.15, 0.2) is 0 Å². The molecule has 0 radical (unpaired) electrons. The molecule has 0 amide bonds. The molecule has 0 bridgehead atoms. The second-order valence-corrected chi connectivity index (χ2v) is 7.94. The van der Waals surface area contributed by atoms with Crippen LogP contribution >= 0.6 is 0 Å². The van der Waals surface area contributed by atoms with Crippen LogP contribution < -0.4 is 0 Å². The first-order valence-electron chi connectivity index (χ1n) is 7.41. The number of aryl methyl sites for hydroxylation is 1. The SMILES string of the molecule is Cc1ccc(S(=O)(=O)N2[C@H](CC=O)CC[C@@H]2C(C)C)cc1. The molecule has 4 nitrogen and oxygen atoms in total. The molecule has 1 heterocycles. The maximum Gasteiger partial charge on any atom is 0.243 e. The van der Waals surface area contributed by atoms with Gasteiger partial charge in [-0.3, -0.25) is 0 Å². The third-order valence-corrected chi connectivity index (χ3v) is 6.21. The van der Waals surface area contributed by atoms with E-state index < -0.39 is 10.0 Å². The zero-order valence-corrected chi connectivity index (χ0v) is 13.6. The second-order valence-electron chi connectivity index (χ2n) is 6.09. The zero-order chi connectivity index (χ0) is 15.6. The third kappa shape index (κ3) is 3.19. The summed E-state index contributed by atoms with van der Waals surface area (Å²) in [4.78, 5) is 11.2. The van der Waals surface area contributed by atoms with Crippen molar-refractivity contribution in [3.63, 3.8) is 0 Å². The summed E-state index contributed by atoms with van der Waals surface area (Å²) in [5.41, 5.74) is 1.03. The van der Waals surface area contributed by atoms with Gasteiger partial charge in [0.1, 0.15) is 6.29 Å². The summed E-state index contributed by atoms with van der Waals surface area (Å²) >= 11 is 0. The number of benzene rings is 1. The summed E-state index contributed by atoms with van der Waals surface area (Å²) in [7, 11) is -3.55. The first-order valence-corrected chi connectivity index (χ1v) is 8.85. The molecule has 0 saturated carbocycles. The molecule has 116 valence electrons. The fraction of sp³-hybridized carbons (Fsp3) is 0.562. The predicted molar refractivity (Wildman–Crippen MR) is 82.5 cm³/mol. The molecule has 0 unspecified atom stereocenters. The van der Waals surface area contributed by atoms with Crippen LogP contribution in [0.15, 0.2) is 29.2 Å². The van der Waals surface area contributed by atoms with Gasteiger partial charge in [-0.2, -0.15) is 4.31 Å². The number of hydrogen-bond acceptors (Lipinski definition) is 3. The lowest BCUT2D eigenvalue weighted by molar-refractivity contribution is -0.108. The van der Waals surface area contributed by atoms with Gasteiger partial charge in [0.25, 0.3) is 0 Å². The molecule has 1 aliphatic heterocycles. The first-order chi connectivity index (χ1) is 9.87. The van der Waals surface area contributed by atoms with Crippen LogP contribution in [0.3, 0.4) is 0 Å². The molecule has 1 aromatic carbocycles. The van der Waals surface area contributed by atoms with Crippen LogP contribution in [-0.4, -0.2) is 31.1 Å². The standard InChI is InChI=1S/C16H23NO3S/c1-12(2)16-9-6-14(10-11-18)17(16)21(19,20)15-7-4-13(3)5-8-15/h4-5,7-8,11-12,14,16H,6,9-10H2,1-3H3/t14-,16+/m0/s1. The number of nitrogens with zero attached hydrogens (tertiary/aromatic N) is 1. The van der Waals surface area contributed by atoms with Crippen molar-refractivity contribution < 1.29 is 13.2 Å². The Balaban J connectivity index is 2.42. The van der Waals surface area contributed by atoms with E-state index in [9.17, 15) is 13.2 Å². The van der Waals surface area contributed by atoms with Crippen LogP contribution in [0.1, 0.15) is 38.7 Å². The highest BCUT2D eigenvalue weighted by Crippen LogP contribution is 2.35. The minimum Gasteiger partial charge on any atom is -0.303 e. The summed E-state index contributed by atoms with van der Waals surface area (Å²) in [5.74, 6) is 0.238. The lowest BCUT2D eigenvalue weighted by Crippen LogP contribution is -2.43. The van der Waals surface area contributed by atoms with Crippen molar-refractivity contribution in [1.82, 2.24) is 4.31 Å². The number of rotatable bonds is 5. The number of sulfonamides is 1. The molecule has 5 heteroatoms. The van der Waals surface area contributed by atoms with Crippen LogP contribution in [0.2, 0.25) is 0 Å². The fourth-order valence-electron chi connectivity index (χ4n) is 3.05. The van der Waals surface area contributed by atoms with E-state index in [1.165, 1.54) is 0 Å². The van der Waals surface area contributed by atoms with Gasteiger partial charge in [-0.15, -0.1) is 0 Å². The molecule has 21 heavy (non-hydrogen) atoms. The molecule has 1 saturated heterocycles. The molecule has 0 spiro atoms. The van der Waals surface area contributed by atoms with Gasteiger partial charge in [-0.1, -0.05) is 31.5 Å². The Hall–Kier alpha value is -1.20. The van der Waals surface area contributed by atoms with Crippen molar-refractivity contribution in [1.29, 1.82) is 0 Å². The van der Waals surface area contributed by atoms with Crippen LogP contribution in [-0.2, 0) is 14.8 Å². The molecular formula is C16H23NO3S. The molecule has 0 N–H and O–H groups in total. The largest absolute Gasteiger partial charge is 0.303 e. The van der Waals surface area contributed by atoms with Crippen molar-refractivity contribution >= 4 is 16.3 Å². The summed E-state index contributed by atoms with van der Waals surface area (Å²) in [6.07, 6.45) is 2.67. The van der Waals surface area contributed by atoms with Crippen molar-refractivity contribution in [3.05, 3.63) is 29.8 Å². The van der Waals surface area contributed by atoms with E-state index in [2.05, 4.69) is 0 Å². The lowest BCUT2D eigenvalue weighted by Gasteiger charge is -2.31. The van der Waals surface area contributed by atoms with E-state index in [0.29, 0.717) is 4.90 Å². The fourth-order valence-corrected chi connectivity index (χ4v) is 5.07. The van der Waals surface area contributed by atoms with Crippen molar-refractivity contribution in [2.45, 2.75) is 57.0 Å². The van der Waals surface area contributed by atoms with E-state index in [1.807, 2.05) is 32.9 Å². The van der Waals surface area contributed by atoms with Crippen LogP contribution in [0.5, 0.6) is 0 Å². The molecule has 0 aliphatic carbocycles. The minimum absolute atomic E-state index is 0.0266. The van der Waals surface area contributed by atoms with Gasteiger partial charge in [0.05, 0.1) is 4.90 Å². The smallest absolute Gasteiger partial charge is 0.243 e. The Bertz CT molecular complexity index is 592. The van der Waals surface area contributed by atoms with E-state index in [1.54, 1.807) is 16.4 Å². The quantitative estimate of drug-likeness (QED) is 0.786. The molecule has 0 aromatic heterocycles. The van der Waals surface area contributed by atoms with Crippen LogP contribution in [0.4, 0.5) is 0 Å². The lowest BCUT2D eigenvalue weighted by atomic mass is 10.0. The highest BCUT2D eigenvalue weighted by Gasteiger charge is 2.42. The molecule has 2 atom stereocenters. The normalized spacial score (nSPS) is 23.6. The van der Waals surface area contributed by atoms with Gasteiger partial charge < -0.3 is 4.79 Å². The van der Waals surface area contributed by atoms with Gasteiger partial charge >= 0.3 is 0 Å². The summed E-state index contributed by atoms with van der Waals surface area (Å²) in [6.45, 7) is 6.00. The summed E-state index contributed by atoms with van der Waals surface area (Å²) in [5, 5.41) is 0. The van der Waals surface area contributed by atoms with E-state index in [-0.39, 0.29) is 24.4 Å². The summed E-state index contributed by atoms with van der Waals surface area (Å²) in [6, 6.07) is 6.68. The van der Waals surface area contributed by atoms with E-state index in [0.717, 1.165) is 24.7 Å². The van der Waals surface area contributed by atoms with Crippen molar-refractivity contribution in [2.24, 2.45) is 5.92 Å². The average Bonchev–Trinajstić information content (AvgIpc) is 2.84. The van der Waals surface area contributed by atoms with Crippen LogP contribution in [0, 0.1) is 12.8 Å². The highest BCUT2D eigenvalue weighted by molar-refractivity contribution is 7.89. The molecule has 1 fully saturated rings. The Kier molecular flexibility index (Phi) is 4.84. The van der Waals surface area contributed by atoms with Crippen molar-refractivity contribution in [3.8, 4) is 0 Å². The Morgan fingerprint density at radius 1 is 1.24 bits per heavy atom. The van der Waals surface area contributed by atoms with E-state index in [4.69, 9.17) is 0 Å². The Morgan fingerprint density at radius 3 is 2.38 bits per heavy atom. The van der Waals surface area contributed by atoms with Gasteiger partial charge in [0.2, 0.25) is 10.0 Å². The third-order valence-electron chi connectivity index (χ3n) is 4.22. The van der Waals surface area contributed by atoms with Gasteiger partial charge in [0, 0.05) is 18.5 Å². The van der Waals surface area contributed by atoms with Crippen molar-refractivity contribution in [2.75, 3.05) is 0 Å². The second kappa shape index (κ2) is 6.28. The topological polar surface area (TPSA) is 54.5 Å².